The number of nitrogens with one attached hydrogen (secondary N) is 2. The van der Waals surface area contributed by atoms with E-state index in [0.717, 1.165) is 17.5 Å². The molecule has 2 bridgehead atoms. The Hall–Kier alpha value is -1.94. The number of carbonyl (C=O) groups is 2. The minimum Gasteiger partial charge on any atom is -0.377 e. The molecule has 7 nitrogen and oxygen atoms in total. The van der Waals surface area contributed by atoms with Gasteiger partial charge in [-0.25, -0.2) is 0 Å². The summed E-state index contributed by atoms with van der Waals surface area (Å²) in [5, 5.41) is 6.48. The van der Waals surface area contributed by atoms with Crippen molar-refractivity contribution in [1.29, 1.82) is 0 Å². The lowest BCUT2D eigenvalue weighted by molar-refractivity contribution is -0.140. The Morgan fingerprint density at radius 1 is 1.06 bits per heavy atom. The Balaban J connectivity index is 0.00000272. The minimum absolute atomic E-state index is 0. The monoisotopic (exact) mass is 538 g/mol. The zero-order chi connectivity index (χ0) is 21.1. The van der Waals surface area contributed by atoms with Gasteiger partial charge in [0.1, 0.15) is 0 Å². The zero-order valence-electron chi connectivity index (χ0n) is 18.0. The van der Waals surface area contributed by atoms with E-state index in [1.165, 1.54) is 4.90 Å². The average molecular weight is 538 g/mol. The quantitative estimate of drug-likeness (QED) is 0.175. The van der Waals surface area contributed by atoms with Crippen molar-refractivity contribution >= 4 is 41.8 Å². The van der Waals surface area contributed by atoms with Gasteiger partial charge < -0.3 is 15.4 Å². The molecular weight excluding hydrogens is 507 g/mol. The molecular formula is C23H31IN4O3. The second kappa shape index (κ2) is 10.6. The van der Waals surface area contributed by atoms with E-state index in [0.29, 0.717) is 38.8 Å². The number of halogens is 1. The van der Waals surface area contributed by atoms with Gasteiger partial charge in [-0.15, -0.1) is 24.0 Å². The fraction of sp³-hybridized carbons (Fsp3) is 0.522. The van der Waals surface area contributed by atoms with Gasteiger partial charge in [-0.1, -0.05) is 36.4 Å². The molecule has 2 aliphatic carbocycles. The van der Waals surface area contributed by atoms with Crippen molar-refractivity contribution in [2.24, 2.45) is 28.7 Å². The Kier molecular flexibility index (Phi) is 8.10. The summed E-state index contributed by atoms with van der Waals surface area (Å²) in [7, 11) is 1.71. The summed E-state index contributed by atoms with van der Waals surface area (Å²) in [5.41, 5.74) is 2.29. The minimum atomic E-state index is -0.129. The fourth-order valence-corrected chi connectivity index (χ4v) is 4.85. The Morgan fingerprint density at radius 2 is 1.68 bits per heavy atom. The Bertz CT molecular complexity index is 825. The van der Waals surface area contributed by atoms with E-state index in [9.17, 15) is 9.59 Å². The Morgan fingerprint density at radius 3 is 2.26 bits per heavy atom. The summed E-state index contributed by atoms with van der Waals surface area (Å²) in [6.07, 6.45) is 5.20. The largest absolute Gasteiger partial charge is 0.377 e. The highest BCUT2D eigenvalue weighted by Crippen LogP contribution is 2.52. The molecule has 2 N–H and O–H groups in total. The lowest BCUT2D eigenvalue weighted by Gasteiger charge is -2.18. The van der Waals surface area contributed by atoms with E-state index in [-0.39, 0.29) is 59.5 Å². The number of fused-ring (bicyclic) bond motifs is 5. The standard InChI is InChI=1S/C23H30N4O3.HI/c1-3-30-14-16-6-4-15(5-7-16)13-26-23(24-2)25-10-11-27-21(28)19-17-8-9-18(12-17)20(19)22(27)29;/h4-9,17-20H,3,10-14H2,1-2H3,(H2,24,25,26);1H. The van der Waals surface area contributed by atoms with Crippen LogP contribution in [0.2, 0.25) is 0 Å². The molecule has 1 saturated carbocycles. The van der Waals surface area contributed by atoms with Crippen molar-refractivity contribution in [2.45, 2.75) is 26.5 Å². The number of imide groups is 1. The normalized spacial score (nSPS) is 26.3. The van der Waals surface area contributed by atoms with Crippen LogP contribution in [0.3, 0.4) is 0 Å². The first-order valence-electron chi connectivity index (χ1n) is 10.8. The fourth-order valence-electron chi connectivity index (χ4n) is 4.85. The lowest BCUT2D eigenvalue weighted by Crippen LogP contribution is -2.43. The number of ether oxygens (including phenoxy) is 1. The van der Waals surface area contributed by atoms with Crippen LogP contribution < -0.4 is 10.6 Å². The van der Waals surface area contributed by atoms with Crippen LogP contribution in [0.15, 0.2) is 41.4 Å². The molecule has 1 saturated heterocycles. The first-order valence-corrected chi connectivity index (χ1v) is 10.8. The van der Waals surface area contributed by atoms with Crippen LogP contribution in [0.1, 0.15) is 24.5 Å². The van der Waals surface area contributed by atoms with Crippen molar-refractivity contribution in [1.82, 2.24) is 15.5 Å². The maximum Gasteiger partial charge on any atom is 0.233 e. The van der Waals surface area contributed by atoms with Crippen LogP contribution in [0.25, 0.3) is 0 Å². The van der Waals surface area contributed by atoms with Gasteiger partial charge in [0.2, 0.25) is 11.8 Å². The molecule has 1 aromatic rings. The van der Waals surface area contributed by atoms with E-state index in [4.69, 9.17) is 4.74 Å². The van der Waals surface area contributed by atoms with Gasteiger partial charge in [-0.2, -0.15) is 0 Å². The van der Waals surface area contributed by atoms with Gasteiger partial charge in [-0.3, -0.25) is 19.5 Å². The molecule has 4 rings (SSSR count). The number of benzene rings is 1. The molecule has 0 spiro atoms. The van der Waals surface area contributed by atoms with Gasteiger partial charge >= 0.3 is 0 Å². The molecule has 4 atom stereocenters. The number of allylic oxidation sites excluding steroid dienone is 2. The summed E-state index contributed by atoms with van der Waals surface area (Å²) < 4.78 is 5.42. The number of likely N-dealkylation sites (tertiary alicyclic amines) is 1. The van der Waals surface area contributed by atoms with Crippen LogP contribution >= 0.6 is 24.0 Å². The second-order valence-corrected chi connectivity index (χ2v) is 8.13. The number of carbonyl (C=O) groups excluding carboxylic acids is 2. The average Bonchev–Trinajstić information content (AvgIpc) is 3.45. The van der Waals surface area contributed by atoms with E-state index in [1.54, 1.807) is 7.05 Å². The molecule has 31 heavy (non-hydrogen) atoms. The smallest absolute Gasteiger partial charge is 0.233 e. The van der Waals surface area contributed by atoms with Gasteiger partial charge in [0.05, 0.1) is 18.4 Å². The predicted molar refractivity (Wildman–Crippen MR) is 130 cm³/mol. The highest BCUT2D eigenvalue weighted by atomic mass is 127. The molecule has 0 radical (unpaired) electrons. The van der Waals surface area contributed by atoms with E-state index in [2.05, 4.69) is 52.0 Å². The van der Waals surface area contributed by atoms with Crippen molar-refractivity contribution in [3.8, 4) is 0 Å². The SMILES string of the molecule is CCOCc1ccc(CNC(=NC)NCCN2C(=O)C3C4C=CC(C4)C3C2=O)cc1.I. The molecule has 8 heteroatoms. The van der Waals surface area contributed by atoms with Gasteiger partial charge in [0.25, 0.3) is 0 Å². The van der Waals surface area contributed by atoms with Crippen LogP contribution in [-0.2, 0) is 27.5 Å². The van der Waals surface area contributed by atoms with E-state index < -0.39 is 0 Å². The predicted octanol–water partition coefficient (Wildman–Crippen LogP) is 2.31. The molecule has 2 fully saturated rings. The summed E-state index contributed by atoms with van der Waals surface area (Å²) >= 11 is 0. The van der Waals surface area contributed by atoms with Crippen LogP contribution in [0.5, 0.6) is 0 Å². The molecule has 1 aliphatic heterocycles. The number of aliphatic imine (C=N–C) groups is 1. The number of hydrogen-bond acceptors (Lipinski definition) is 4. The molecule has 2 amide bonds. The zero-order valence-corrected chi connectivity index (χ0v) is 20.4. The molecule has 1 heterocycles. The van der Waals surface area contributed by atoms with Gasteiger partial charge in [-0.05, 0) is 36.3 Å². The molecule has 4 unspecified atom stereocenters. The highest BCUT2D eigenvalue weighted by Gasteiger charge is 2.58. The van der Waals surface area contributed by atoms with Crippen LogP contribution in [0, 0.1) is 23.7 Å². The summed E-state index contributed by atoms with van der Waals surface area (Å²) in [6, 6.07) is 8.26. The van der Waals surface area contributed by atoms with Crippen molar-refractivity contribution in [3.05, 3.63) is 47.5 Å². The first kappa shape index (κ1) is 23.7. The van der Waals surface area contributed by atoms with E-state index >= 15 is 0 Å². The summed E-state index contributed by atoms with van der Waals surface area (Å²) in [4.78, 5) is 31.1. The van der Waals surface area contributed by atoms with Crippen molar-refractivity contribution < 1.29 is 14.3 Å². The number of amides is 2. The molecule has 0 aromatic heterocycles. The molecule has 168 valence electrons. The maximum atomic E-state index is 12.7. The van der Waals surface area contributed by atoms with Crippen LogP contribution in [0.4, 0.5) is 0 Å². The highest BCUT2D eigenvalue weighted by molar-refractivity contribution is 14.0. The Labute approximate surface area is 200 Å². The van der Waals surface area contributed by atoms with E-state index in [1.807, 2.05) is 6.92 Å². The third-order valence-corrected chi connectivity index (χ3v) is 6.37. The summed E-state index contributed by atoms with van der Waals surface area (Å²) in [5.74, 6) is 0.894. The number of hydrogen-bond donors (Lipinski definition) is 2. The van der Waals surface area contributed by atoms with Crippen molar-refractivity contribution in [2.75, 3.05) is 26.7 Å². The maximum absolute atomic E-state index is 12.7. The third-order valence-electron chi connectivity index (χ3n) is 6.37. The second-order valence-electron chi connectivity index (χ2n) is 8.13. The lowest BCUT2D eigenvalue weighted by atomic mass is 9.85. The van der Waals surface area contributed by atoms with Gasteiger partial charge in [0, 0.05) is 33.3 Å². The number of guanidine groups is 1. The number of rotatable bonds is 8. The topological polar surface area (TPSA) is 83.0 Å². The molecule has 3 aliphatic rings. The van der Waals surface area contributed by atoms with Gasteiger partial charge in [0.15, 0.2) is 5.96 Å². The summed E-state index contributed by atoms with van der Waals surface area (Å²) in [6.45, 7) is 4.80. The van der Waals surface area contributed by atoms with Crippen molar-refractivity contribution in [3.63, 3.8) is 0 Å². The molecule has 1 aromatic carbocycles. The van der Waals surface area contributed by atoms with Crippen LogP contribution in [-0.4, -0.2) is 49.4 Å². The first-order chi connectivity index (χ1) is 14.6. The third kappa shape index (κ3) is 4.95. The number of nitrogens with zero attached hydrogens (tertiary/aromatic N) is 2.